The van der Waals surface area contributed by atoms with Gasteiger partial charge in [0.05, 0.1) is 13.5 Å². The molecule has 2 aromatic heterocycles. The Morgan fingerprint density at radius 1 is 1.25 bits per heavy atom. The molecule has 2 aromatic rings. The smallest absolute Gasteiger partial charge is 0.320 e. The van der Waals surface area contributed by atoms with Gasteiger partial charge in [0, 0.05) is 11.9 Å². The highest BCUT2D eigenvalue weighted by atomic mass is 35.5. The molecule has 6 heteroatoms. The van der Waals surface area contributed by atoms with Crippen molar-refractivity contribution in [2.75, 3.05) is 7.11 Å². The van der Waals surface area contributed by atoms with Gasteiger partial charge in [0.2, 0.25) is 5.28 Å². The number of halogens is 1. The minimum Gasteiger partial charge on any atom is -0.467 e. The third-order valence-corrected chi connectivity index (χ3v) is 2.05. The number of ether oxygens (including phenoxy) is 1. The number of methoxy groups -OCH3 is 1. The molecule has 82 valence electrons. The van der Waals surface area contributed by atoms with Crippen LogP contribution in [0.1, 0.15) is 11.5 Å². The van der Waals surface area contributed by atoms with E-state index in [0.717, 1.165) is 5.69 Å². The minimum absolute atomic E-state index is 0.123. The quantitative estimate of drug-likeness (QED) is 0.809. The molecule has 16 heavy (non-hydrogen) atoms. The molecule has 0 fully saturated rings. The van der Waals surface area contributed by atoms with Crippen molar-refractivity contribution < 1.29 is 4.74 Å². The Morgan fingerprint density at radius 2 is 2.12 bits per heavy atom. The monoisotopic (exact) mass is 236 g/mol. The summed E-state index contributed by atoms with van der Waals surface area (Å²) in [5.74, 6) is 0.538. The van der Waals surface area contributed by atoms with Crippen LogP contribution in [0, 0.1) is 0 Å². The summed E-state index contributed by atoms with van der Waals surface area (Å²) in [5.41, 5.74) is 0.867. The number of pyridine rings is 1. The standard InChI is InChI=1S/C10H9ClN4O/c1-16-10-14-8(13-9(11)15-10)6-7-4-2-3-5-12-7/h2-5H,6H2,1H3. The largest absolute Gasteiger partial charge is 0.467 e. The molecule has 0 bridgehead atoms. The Bertz CT molecular complexity index is 478. The highest BCUT2D eigenvalue weighted by Crippen LogP contribution is 2.10. The average molecular weight is 237 g/mol. The SMILES string of the molecule is COc1nc(Cl)nc(Cc2ccccn2)n1. The zero-order chi connectivity index (χ0) is 11.4. The summed E-state index contributed by atoms with van der Waals surface area (Å²) in [5, 5.41) is 0.123. The molecular formula is C10H9ClN4O. The third kappa shape index (κ3) is 2.64. The lowest BCUT2D eigenvalue weighted by Crippen LogP contribution is -2.02. The minimum atomic E-state index is 0.123. The predicted molar refractivity (Wildman–Crippen MR) is 58.4 cm³/mol. The van der Waals surface area contributed by atoms with Crippen LogP contribution in [0.4, 0.5) is 0 Å². The van der Waals surface area contributed by atoms with Crippen molar-refractivity contribution in [3.63, 3.8) is 0 Å². The third-order valence-electron chi connectivity index (χ3n) is 1.88. The van der Waals surface area contributed by atoms with E-state index in [2.05, 4.69) is 19.9 Å². The van der Waals surface area contributed by atoms with E-state index in [9.17, 15) is 0 Å². The molecule has 2 heterocycles. The van der Waals surface area contributed by atoms with Gasteiger partial charge >= 0.3 is 6.01 Å². The maximum atomic E-state index is 5.73. The number of nitrogens with zero attached hydrogens (tertiary/aromatic N) is 4. The maximum Gasteiger partial charge on any atom is 0.320 e. The lowest BCUT2D eigenvalue weighted by molar-refractivity contribution is 0.376. The second-order valence-corrected chi connectivity index (χ2v) is 3.34. The van der Waals surface area contributed by atoms with Gasteiger partial charge in [-0.05, 0) is 23.7 Å². The summed E-state index contributed by atoms with van der Waals surface area (Å²) >= 11 is 5.73. The Balaban J connectivity index is 2.24. The van der Waals surface area contributed by atoms with E-state index in [-0.39, 0.29) is 11.3 Å². The Morgan fingerprint density at radius 3 is 2.81 bits per heavy atom. The van der Waals surface area contributed by atoms with Crippen LogP contribution in [0.3, 0.4) is 0 Å². The lowest BCUT2D eigenvalue weighted by atomic mass is 10.2. The molecule has 0 saturated heterocycles. The lowest BCUT2D eigenvalue weighted by Gasteiger charge is -2.02. The highest BCUT2D eigenvalue weighted by Gasteiger charge is 2.06. The topological polar surface area (TPSA) is 60.8 Å². The van der Waals surface area contributed by atoms with Crippen LogP contribution in [0.15, 0.2) is 24.4 Å². The zero-order valence-electron chi connectivity index (χ0n) is 8.59. The van der Waals surface area contributed by atoms with Gasteiger partial charge in [0.1, 0.15) is 5.82 Å². The van der Waals surface area contributed by atoms with E-state index in [0.29, 0.717) is 12.2 Å². The summed E-state index contributed by atoms with van der Waals surface area (Å²) in [6.45, 7) is 0. The van der Waals surface area contributed by atoms with Gasteiger partial charge in [-0.25, -0.2) is 4.98 Å². The number of rotatable bonds is 3. The Hall–Kier alpha value is -1.75. The number of hydrogen-bond acceptors (Lipinski definition) is 5. The second-order valence-electron chi connectivity index (χ2n) is 3.01. The summed E-state index contributed by atoms with van der Waals surface area (Å²) < 4.78 is 4.91. The maximum absolute atomic E-state index is 5.73. The Kier molecular flexibility index (Phi) is 3.26. The van der Waals surface area contributed by atoms with Gasteiger partial charge in [0.15, 0.2) is 0 Å². The van der Waals surface area contributed by atoms with Crippen molar-refractivity contribution in [1.29, 1.82) is 0 Å². The first kappa shape index (κ1) is 10.8. The number of aromatic nitrogens is 4. The number of hydrogen-bond donors (Lipinski definition) is 0. The van der Waals surface area contributed by atoms with Gasteiger partial charge in [-0.1, -0.05) is 6.07 Å². The van der Waals surface area contributed by atoms with Gasteiger partial charge in [-0.2, -0.15) is 9.97 Å². The molecular weight excluding hydrogens is 228 g/mol. The second kappa shape index (κ2) is 4.85. The molecule has 0 unspecified atom stereocenters. The van der Waals surface area contributed by atoms with E-state index >= 15 is 0 Å². The molecule has 0 atom stereocenters. The predicted octanol–water partition coefficient (Wildman–Crippen LogP) is 1.52. The summed E-state index contributed by atoms with van der Waals surface area (Å²) in [6, 6.07) is 5.86. The van der Waals surface area contributed by atoms with Crippen molar-refractivity contribution >= 4 is 11.6 Å². The van der Waals surface area contributed by atoms with Crippen molar-refractivity contribution in [1.82, 2.24) is 19.9 Å². The van der Waals surface area contributed by atoms with E-state index in [4.69, 9.17) is 16.3 Å². The van der Waals surface area contributed by atoms with Gasteiger partial charge in [-0.15, -0.1) is 0 Å². The van der Waals surface area contributed by atoms with E-state index in [1.807, 2.05) is 18.2 Å². The van der Waals surface area contributed by atoms with Gasteiger partial charge in [-0.3, -0.25) is 4.98 Å². The van der Waals surface area contributed by atoms with E-state index in [1.54, 1.807) is 6.20 Å². The van der Waals surface area contributed by atoms with Crippen LogP contribution in [0.25, 0.3) is 0 Å². The molecule has 5 nitrogen and oxygen atoms in total. The molecule has 0 radical (unpaired) electrons. The molecule has 0 amide bonds. The molecule has 0 saturated carbocycles. The van der Waals surface area contributed by atoms with E-state index in [1.165, 1.54) is 7.11 Å². The molecule has 2 rings (SSSR count). The molecule has 0 aliphatic heterocycles. The molecule has 0 N–H and O–H groups in total. The zero-order valence-corrected chi connectivity index (χ0v) is 9.35. The van der Waals surface area contributed by atoms with E-state index < -0.39 is 0 Å². The Labute approximate surface area is 97.5 Å². The van der Waals surface area contributed by atoms with Crippen molar-refractivity contribution in [2.24, 2.45) is 0 Å². The average Bonchev–Trinajstić information content (AvgIpc) is 2.29. The van der Waals surface area contributed by atoms with Gasteiger partial charge < -0.3 is 4.74 Å². The molecule has 0 spiro atoms. The molecule has 0 aromatic carbocycles. The van der Waals surface area contributed by atoms with Crippen LogP contribution in [0.5, 0.6) is 6.01 Å². The molecule has 0 aliphatic carbocycles. The fourth-order valence-corrected chi connectivity index (χ4v) is 1.38. The first-order valence-corrected chi connectivity index (χ1v) is 5.00. The summed E-state index contributed by atoms with van der Waals surface area (Å²) in [7, 11) is 1.48. The van der Waals surface area contributed by atoms with Crippen LogP contribution in [-0.4, -0.2) is 27.0 Å². The fourth-order valence-electron chi connectivity index (χ4n) is 1.21. The first-order chi connectivity index (χ1) is 7.78. The highest BCUT2D eigenvalue weighted by molar-refractivity contribution is 6.28. The van der Waals surface area contributed by atoms with Crippen molar-refractivity contribution in [3.8, 4) is 6.01 Å². The summed E-state index contributed by atoms with van der Waals surface area (Å²) in [6.07, 6.45) is 2.22. The first-order valence-electron chi connectivity index (χ1n) is 4.62. The molecule has 0 aliphatic rings. The van der Waals surface area contributed by atoms with Crippen LogP contribution in [0.2, 0.25) is 5.28 Å². The normalized spacial score (nSPS) is 10.1. The summed E-state index contributed by atoms with van der Waals surface area (Å²) in [4.78, 5) is 16.0. The van der Waals surface area contributed by atoms with Crippen LogP contribution >= 0.6 is 11.6 Å². The fraction of sp³-hybridized carbons (Fsp3) is 0.200. The van der Waals surface area contributed by atoms with Crippen molar-refractivity contribution in [3.05, 3.63) is 41.2 Å². The van der Waals surface area contributed by atoms with Crippen LogP contribution in [-0.2, 0) is 6.42 Å². The van der Waals surface area contributed by atoms with Crippen molar-refractivity contribution in [2.45, 2.75) is 6.42 Å². The van der Waals surface area contributed by atoms with Crippen LogP contribution < -0.4 is 4.74 Å². The van der Waals surface area contributed by atoms with Gasteiger partial charge in [0.25, 0.3) is 0 Å².